The quantitative estimate of drug-likeness (QED) is 0.669. The Balaban J connectivity index is 2.24. The van der Waals surface area contributed by atoms with E-state index in [-0.39, 0.29) is 0 Å². The summed E-state index contributed by atoms with van der Waals surface area (Å²) in [6.45, 7) is 3.38. The molecule has 0 aliphatic carbocycles. The van der Waals surface area contributed by atoms with Crippen molar-refractivity contribution in [1.29, 1.82) is 0 Å². The summed E-state index contributed by atoms with van der Waals surface area (Å²) < 4.78 is 2.12. The molecular formula is C9H15N3. The Morgan fingerprint density at radius 1 is 1.67 bits per heavy atom. The Morgan fingerprint density at radius 3 is 3.00 bits per heavy atom. The molecule has 2 heterocycles. The fourth-order valence-corrected chi connectivity index (χ4v) is 1.99. The van der Waals surface area contributed by atoms with Crippen molar-refractivity contribution in [3.63, 3.8) is 0 Å². The molecule has 1 aliphatic heterocycles. The number of nitrogens with zero attached hydrogens (tertiary/aromatic N) is 2. The van der Waals surface area contributed by atoms with Crippen molar-refractivity contribution in [3.05, 3.63) is 18.2 Å². The van der Waals surface area contributed by atoms with Crippen molar-refractivity contribution in [1.82, 2.24) is 14.9 Å². The van der Waals surface area contributed by atoms with Gasteiger partial charge in [-0.2, -0.15) is 0 Å². The summed E-state index contributed by atoms with van der Waals surface area (Å²) in [5.74, 6) is 0.650. The van der Waals surface area contributed by atoms with Crippen LogP contribution in [0.2, 0.25) is 0 Å². The van der Waals surface area contributed by atoms with Crippen LogP contribution in [0.1, 0.15) is 25.0 Å². The molecular weight excluding hydrogens is 150 g/mol. The molecule has 0 spiro atoms. The molecule has 1 aromatic heterocycles. The Morgan fingerprint density at radius 2 is 2.50 bits per heavy atom. The Hall–Kier alpha value is -0.830. The second kappa shape index (κ2) is 2.90. The van der Waals surface area contributed by atoms with E-state index in [2.05, 4.69) is 28.8 Å². The van der Waals surface area contributed by atoms with Crippen LogP contribution in [-0.2, 0) is 7.05 Å². The van der Waals surface area contributed by atoms with E-state index in [1.807, 2.05) is 12.5 Å². The third-order valence-electron chi connectivity index (χ3n) is 2.76. The molecule has 1 N–H and O–H groups in total. The highest BCUT2D eigenvalue weighted by Crippen LogP contribution is 2.26. The van der Waals surface area contributed by atoms with E-state index >= 15 is 0 Å². The van der Waals surface area contributed by atoms with E-state index < -0.39 is 0 Å². The predicted molar refractivity (Wildman–Crippen MR) is 48.0 cm³/mol. The van der Waals surface area contributed by atoms with Gasteiger partial charge in [0.15, 0.2) is 0 Å². The SMILES string of the molecule is CC1NCCC1c1cncn1C. The number of hydrogen-bond donors (Lipinski definition) is 1. The van der Waals surface area contributed by atoms with Crippen molar-refractivity contribution in [2.75, 3.05) is 6.54 Å². The molecule has 2 unspecified atom stereocenters. The third-order valence-corrected chi connectivity index (χ3v) is 2.76. The lowest BCUT2D eigenvalue weighted by molar-refractivity contribution is 0.565. The second-order valence-corrected chi connectivity index (χ2v) is 3.57. The molecule has 0 aromatic carbocycles. The minimum atomic E-state index is 0.598. The summed E-state index contributed by atoms with van der Waals surface area (Å²) >= 11 is 0. The summed E-state index contributed by atoms with van der Waals surface area (Å²) in [4.78, 5) is 4.14. The molecule has 66 valence electrons. The highest BCUT2D eigenvalue weighted by molar-refractivity contribution is 5.11. The zero-order valence-corrected chi connectivity index (χ0v) is 7.62. The van der Waals surface area contributed by atoms with Crippen LogP contribution in [0.4, 0.5) is 0 Å². The van der Waals surface area contributed by atoms with Crippen molar-refractivity contribution in [2.24, 2.45) is 7.05 Å². The summed E-state index contributed by atoms with van der Waals surface area (Å²) in [6.07, 6.45) is 5.09. The van der Waals surface area contributed by atoms with E-state index in [1.54, 1.807) is 0 Å². The number of imidazole rings is 1. The first-order valence-corrected chi connectivity index (χ1v) is 4.48. The van der Waals surface area contributed by atoms with E-state index in [0.29, 0.717) is 12.0 Å². The lowest BCUT2D eigenvalue weighted by Crippen LogP contribution is -2.22. The van der Waals surface area contributed by atoms with Crippen molar-refractivity contribution in [2.45, 2.75) is 25.3 Å². The first-order valence-electron chi connectivity index (χ1n) is 4.48. The summed E-state index contributed by atoms with van der Waals surface area (Å²) in [5.41, 5.74) is 1.35. The van der Waals surface area contributed by atoms with Crippen LogP contribution >= 0.6 is 0 Å². The number of hydrogen-bond acceptors (Lipinski definition) is 2. The number of aryl methyl sites for hydroxylation is 1. The van der Waals surface area contributed by atoms with Crippen LogP contribution in [0, 0.1) is 0 Å². The van der Waals surface area contributed by atoms with Gasteiger partial charge in [0.05, 0.1) is 6.33 Å². The highest BCUT2D eigenvalue weighted by atomic mass is 15.0. The molecule has 1 saturated heterocycles. The monoisotopic (exact) mass is 165 g/mol. The minimum absolute atomic E-state index is 0.598. The van der Waals surface area contributed by atoms with Gasteiger partial charge in [0.25, 0.3) is 0 Å². The van der Waals surface area contributed by atoms with Crippen molar-refractivity contribution < 1.29 is 0 Å². The van der Waals surface area contributed by atoms with Gasteiger partial charge >= 0.3 is 0 Å². The van der Waals surface area contributed by atoms with Gasteiger partial charge in [-0.1, -0.05) is 0 Å². The maximum atomic E-state index is 4.14. The maximum absolute atomic E-state index is 4.14. The van der Waals surface area contributed by atoms with Crippen LogP contribution < -0.4 is 5.32 Å². The maximum Gasteiger partial charge on any atom is 0.0945 e. The number of nitrogens with one attached hydrogen (secondary N) is 1. The second-order valence-electron chi connectivity index (χ2n) is 3.57. The first kappa shape index (κ1) is 7.80. The zero-order chi connectivity index (χ0) is 8.55. The smallest absolute Gasteiger partial charge is 0.0945 e. The Labute approximate surface area is 72.8 Å². The average Bonchev–Trinajstić information content (AvgIpc) is 2.59. The predicted octanol–water partition coefficient (Wildman–Crippen LogP) is 0.885. The molecule has 1 aliphatic rings. The number of rotatable bonds is 1. The molecule has 0 bridgehead atoms. The molecule has 0 radical (unpaired) electrons. The van der Waals surface area contributed by atoms with Crippen LogP contribution in [0.5, 0.6) is 0 Å². The van der Waals surface area contributed by atoms with Gasteiger partial charge in [-0.3, -0.25) is 0 Å². The van der Waals surface area contributed by atoms with Gasteiger partial charge in [0.2, 0.25) is 0 Å². The third kappa shape index (κ3) is 1.14. The fraction of sp³-hybridized carbons (Fsp3) is 0.667. The van der Waals surface area contributed by atoms with Crippen LogP contribution in [0.25, 0.3) is 0 Å². The summed E-state index contributed by atoms with van der Waals surface area (Å²) in [7, 11) is 2.06. The largest absolute Gasteiger partial charge is 0.337 e. The van der Waals surface area contributed by atoms with Gasteiger partial charge < -0.3 is 9.88 Å². The Bertz CT molecular complexity index is 266. The molecule has 0 saturated carbocycles. The highest BCUT2D eigenvalue weighted by Gasteiger charge is 2.26. The topological polar surface area (TPSA) is 29.9 Å². The molecule has 2 rings (SSSR count). The van der Waals surface area contributed by atoms with Crippen molar-refractivity contribution >= 4 is 0 Å². The first-order chi connectivity index (χ1) is 5.79. The van der Waals surface area contributed by atoms with Gasteiger partial charge in [0, 0.05) is 30.9 Å². The summed E-state index contributed by atoms with van der Waals surface area (Å²) in [6, 6.07) is 0.598. The van der Waals surface area contributed by atoms with E-state index in [9.17, 15) is 0 Å². The van der Waals surface area contributed by atoms with Gasteiger partial charge in [-0.25, -0.2) is 4.98 Å². The lowest BCUT2D eigenvalue weighted by Gasteiger charge is -2.14. The van der Waals surface area contributed by atoms with E-state index in [4.69, 9.17) is 0 Å². The molecule has 3 nitrogen and oxygen atoms in total. The van der Waals surface area contributed by atoms with E-state index in [0.717, 1.165) is 6.54 Å². The van der Waals surface area contributed by atoms with Gasteiger partial charge in [0.1, 0.15) is 0 Å². The number of aromatic nitrogens is 2. The molecule has 12 heavy (non-hydrogen) atoms. The normalized spacial score (nSPS) is 29.5. The average molecular weight is 165 g/mol. The van der Waals surface area contributed by atoms with Crippen LogP contribution in [-0.4, -0.2) is 22.1 Å². The van der Waals surface area contributed by atoms with Crippen LogP contribution in [0.3, 0.4) is 0 Å². The zero-order valence-electron chi connectivity index (χ0n) is 7.62. The standard InChI is InChI=1S/C9H15N3/c1-7-8(3-4-11-7)9-5-10-6-12(9)2/h5-8,11H,3-4H2,1-2H3. The van der Waals surface area contributed by atoms with Crippen molar-refractivity contribution in [3.8, 4) is 0 Å². The lowest BCUT2D eigenvalue weighted by atomic mass is 9.99. The van der Waals surface area contributed by atoms with E-state index in [1.165, 1.54) is 12.1 Å². The van der Waals surface area contributed by atoms with Gasteiger partial charge in [-0.05, 0) is 19.9 Å². The molecule has 0 amide bonds. The fourth-order valence-electron chi connectivity index (χ4n) is 1.99. The molecule has 2 atom stereocenters. The molecule has 1 fully saturated rings. The summed E-state index contributed by atoms with van der Waals surface area (Å²) in [5, 5.41) is 3.44. The van der Waals surface area contributed by atoms with Crippen LogP contribution in [0.15, 0.2) is 12.5 Å². The molecule has 1 aromatic rings. The Kier molecular flexibility index (Phi) is 1.89. The molecule has 3 heteroatoms. The minimum Gasteiger partial charge on any atom is -0.337 e. The van der Waals surface area contributed by atoms with Gasteiger partial charge in [-0.15, -0.1) is 0 Å².